The van der Waals surface area contributed by atoms with Gasteiger partial charge in [-0.1, -0.05) is 40.9 Å². The molecule has 0 aliphatic rings. The van der Waals surface area contributed by atoms with Crippen LogP contribution in [0.4, 0.5) is 0 Å². The Balaban J connectivity index is 3.09. The van der Waals surface area contributed by atoms with Gasteiger partial charge in [0.1, 0.15) is 0 Å². The van der Waals surface area contributed by atoms with Gasteiger partial charge in [-0.2, -0.15) is 0 Å². The third kappa shape index (κ3) is 4.06. The highest BCUT2D eigenvalue weighted by molar-refractivity contribution is 9.09. The second-order valence-electron chi connectivity index (χ2n) is 3.94. The fraction of sp³-hybridized carbons (Fsp3) is 0.571. The zero-order valence-electron chi connectivity index (χ0n) is 11.1. The third-order valence-electron chi connectivity index (χ3n) is 2.54. The molecule has 1 unspecified atom stereocenters. The van der Waals surface area contributed by atoms with Crippen LogP contribution < -0.4 is 9.47 Å². The molecular formula is C14H20BrClO2. The first kappa shape index (κ1) is 15.6. The van der Waals surface area contributed by atoms with Crippen molar-refractivity contribution < 1.29 is 9.47 Å². The van der Waals surface area contributed by atoms with Crippen molar-refractivity contribution in [1.29, 1.82) is 0 Å². The van der Waals surface area contributed by atoms with E-state index in [1.165, 1.54) is 0 Å². The quantitative estimate of drug-likeness (QED) is 0.623. The van der Waals surface area contributed by atoms with Crippen molar-refractivity contribution >= 4 is 27.5 Å². The van der Waals surface area contributed by atoms with Crippen molar-refractivity contribution in [2.45, 2.75) is 38.4 Å². The maximum absolute atomic E-state index is 6.30. The Bertz CT molecular complexity index is 382. The van der Waals surface area contributed by atoms with Crippen molar-refractivity contribution in [3.8, 4) is 11.5 Å². The normalized spacial score (nSPS) is 12.3. The van der Waals surface area contributed by atoms with Crippen molar-refractivity contribution in [3.05, 3.63) is 22.7 Å². The van der Waals surface area contributed by atoms with E-state index >= 15 is 0 Å². The van der Waals surface area contributed by atoms with Crippen LogP contribution in [0.15, 0.2) is 12.1 Å². The fourth-order valence-corrected chi connectivity index (χ4v) is 2.99. The van der Waals surface area contributed by atoms with E-state index in [1.807, 2.05) is 26.0 Å². The molecule has 1 rings (SSSR count). The van der Waals surface area contributed by atoms with E-state index in [-0.39, 0.29) is 4.83 Å². The van der Waals surface area contributed by atoms with Gasteiger partial charge in [0.25, 0.3) is 0 Å². The molecule has 102 valence electrons. The maximum Gasteiger partial charge on any atom is 0.162 e. The third-order valence-corrected chi connectivity index (χ3v) is 3.82. The molecule has 0 bridgehead atoms. The lowest BCUT2D eigenvalue weighted by molar-refractivity contribution is 0.287. The van der Waals surface area contributed by atoms with E-state index in [9.17, 15) is 0 Å². The number of benzene rings is 1. The molecule has 0 aliphatic heterocycles. The molecule has 0 saturated heterocycles. The van der Waals surface area contributed by atoms with Gasteiger partial charge in [0.15, 0.2) is 11.5 Å². The average molecular weight is 336 g/mol. The lowest BCUT2D eigenvalue weighted by atomic mass is 10.1. The van der Waals surface area contributed by atoms with E-state index in [1.54, 1.807) is 0 Å². The molecule has 2 nitrogen and oxygen atoms in total. The molecule has 4 heteroatoms. The number of rotatable bonds is 7. The van der Waals surface area contributed by atoms with Crippen LogP contribution in [-0.4, -0.2) is 13.2 Å². The first-order valence-electron chi connectivity index (χ1n) is 6.37. The summed E-state index contributed by atoms with van der Waals surface area (Å²) in [5.41, 5.74) is 1.06. The molecule has 1 aromatic rings. The SMILES string of the molecule is CCCC(Br)c1cc(OCC)c(OCC)cc1Cl. The Hall–Kier alpha value is -0.410. The van der Waals surface area contributed by atoms with Crippen LogP contribution in [0.25, 0.3) is 0 Å². The molecule has 0 aromatic heterocycles. The van der Waals surface area contributed by atoms with E-state index in [0.29, 0.717) is 19.0 Å². The van der Waals surface area contributed by atoms with Gasteiger partial charge in [-0.15, -0.1) is 0 Å². The van der Waals surface area contributed by atoms with Gasteiger partial charge in [0.05, 0.1) is 13.2 Å². The average Bonchev–Trinajstić information content (AvgIpc) is 2.33. The highest BCUT2D eigenvalue weighted by atomic mass is 79.9. The van der Waals surface area contributed by atoms with Crippen LogP contribution in [0.3, 0.4) is 0 Å². The minimum Gasteiger partial charge on any atom is -0.490 e. The van der Waals surface area contributed by atoms with Gasteiger partial charge >= 0.3 is 0 Å². The van der Waals surface area contributed by atoms with Crippen LogP contribution >= 0.6 is 27.5 Å². The first-order valence-corrected chi connectivity index (χ1v) is 7.66. The van der Waals surface area contributed by atoms with Gasteiger partial charge < -0.3 is 9.47 Å². The lowest BCUT2D eigenvalue weighted by Crippen LogP contribution is -2.01. The largest absolute Gasteiger partial charge is 0.490 e. The topological polar surface area (TPSA) is 18.5 Å². The van der Waals surface area contributed by atoms with Gasteiger partial charge in [0.2, 0.25) is 0 Å². The smallest absolute Gasteiger partial charge is 0.162 e. The van der Waals surface area contributed by atoms with Gasteiger partial charge in [0, 0.05) is 15.9 Å². The molecule has 18 heavy (non-hydrogen) atoms. The van der Waals surface area contributed by atoms with Crippen LogP contribution in [0.1, 0.15) is 44.0 Å². The Morgan fingerprint density at radius 2 is 1.67 bits per heavy atom. The second kappa shape index (κ2) is 7.90. The van der Waals surface area contributed by atoms with Crippen LogP contribution in [0, 0.1) is 0 Å². The van der Waals surface area contributed by atoms with Crippen molar-refractivity contribution in [2.75, 3.05) is 13.2 Å². The molecule has 0 fully saturated rings. The highest BCUT2D eigenvalue weighted by Crippen LogP contribution is 2.40. The minimum absolute atomic E-state index is 0.255. The zero-order valence-corrected chi connectivity index (χ0v) is 13.5. The standard InChI is InChI=1S/C14H20BrClO2/c1-4-7-11(15)10-8-13(17-5-2)14(18-6-3)9-12(10)16/h8-9,11H,4-7H2,1-3H3. The summed E-state index contributed by atoms with van der Waals surface area (Å²) in [4.78, 5) is 0.255. The molecule has 0 spiro atoms. The summed E-state index contributed by atoms with van der Waals surface area (Å²) in [6, 6.07) is 3.82. The summed E-state index contributed by atoms with van der Waals surface area (Å²) in [5.74, 6) is 1.48. The molecular weight excluding hydrogens is 316 g/mol. The molecule has 0 heterocycles. The molecule has 1 atom stereocenters. The van der Waals surface area contributed by atoms with Crippen molar-refractivity contribution in [3.63, 3.8) is 0 Å². The molecule has 0 N–H and O–H groups in total. The predicted molar refractivity (Wildman–Crippen MR) is 80.4 cm³/mol. The Labute approximate surface area is 123 Å². The van der Waals surface area contributed by atoms with Crippen molar-refractivity contribution in [1.82, 2.24) is 0 Å². The van der Waals surface area contributed by atoms with Crippen LogP contribution in [-0.2, 0) is 0 Å². The maximum atomic E-state index is 6.30. The number of ether oxygens (including phenoxy) is 2. The number of hydrogen-bond acceptors (Lipinski definition) is 2. The van der Waals surface area contributed by atoms with Gasteiger partial charge in [-0.05, 0) is 31.9 Å². The van der Waals surface area contributed by atoms with E-state index in [4.69, 9.17) is 21.1 Å². The zero-order chi connectivity index (χ0) is 13.5. The lowest BCUT2D eigenvalue weighted by Gasteiger charge is -2.16. The summed E-state index contributed by atoms with van der Waals surface area (Å²) in [5, 5.41) is 0.720. The first-order chi connectivity index (χ1) is 8.63. The molecule has 0 radical (unpaired) electrons. The highest BCUT2D eigenvalue weighted by Gasteiger charge is 2.16. The monoisotopic (exact) mass is 334 g/mol. The number of hydrogen-bond donors (Lipinski definition) is 0. The number of halogens is 2. The Morgan fingerprint density at radius 3 is 2.17 bits per heavy atom. The van der Waals surface area contributed by atoms with Gasteiger partial charge in [-0.3, -0.25) is 0 Å². The van der Waals surface area contributed by atoms with Gasteiger partial charge in [-0.25, -0.2) is 0 Å². The molecule has 0 aliphatic carbocycles. The molecule has 0 amide bonds. The van der Waals surface area contributed by atoms with Crippen molar-refractivity contribution in [2.24, 2.45) is 0 Å². The Morgan fingerprint density at radius 1 is 1.11 bits per heavy atom. The molecule has 0 saturated carbocycles. The minimum atomic E-state index is 0.255. The summed E-state index contributed by atoms with van der Waals surface area (Å²) in [6.07, 6.45) is 2.14. The Kier molecular flexibility index (Phi) is 6.87. The summed E-state index contributed by atoms with van der Waals surface area (Å²) in [6.45, 7) is 7.27. The fourth-order valence-electron chi connectivity index (χ4n) is 1.74. The van der Waals surface area contributed by atoms with E-state index < -0.39 is 0 Å². The second-order valence-corrected chi connectivity index (χ2v) is 5.46. The van der Waals surface area contributed by atoms with Crippen LogP contribution in [0.5, 0.6) is 11.5 Å². The van der Waals surface area contributed by atoms with Crippen LogP contribution in [0.2, 0.25) is 5.02 Å². The molecule has 1 aromatic carbocycles. The summed E-state index contributed by atoms with van der Waals surface area (Å²) < 4.78 is 11.1. The summed E-state index contributed by atoms with van der Waals surface area (Å²) in [7, 11) is 0. The van der Waals surface area contributed by atoms with E-state index in [2.05, 4.69) is 22.9 Å². The number of alkyl halides is 1. The van der Waals surface area contributed by atoms with E-state index in [0.717, 1.165) is 29.2 Å². The predicted octanol–water partition coefficient (Wildman–Crippen LogP) is 5.37. The summed E-state index contributed by atoms with van der Waals surface area (Å²) >= 11 is 9.97.